The molecule has 1 aromatic carbocycles. The highest BCUT2D eigenvalue weighted by Gasteiger charge is 2.05. The molecule has 0 N–H and O–H groups in total. The van der Waals surface area contributed by atoms with Crippen molar-refractivity contribution in [2.24, 2.45) is 0 Å². The van der Waals surface area contributed by atoms with Crippen LogP contribution in [0, 0.1) is 6.92 Å². The molecule has 2 aromatic rings. The molecule has 0 radical (unpaired) electrons. The second-order valence-corrected chi connectivity index (χ2v) is 4.20. The number of aryl methyl sites for hydroxylation is 1. The van der Waals surface area contributed by atoms with Gasteiger partial charge < -0.3 is 0 Å². The van der Waals surface area contributed by atoms with Crippen molar-refractivity contribution in [3.8, 4) is 11.4 Å². The zero-order valence-corrected chi connectivity index (χ0v) is 13.1. The van der Waals surface area contributed by atoms with Crippen molar-refractivity contribution in [1.82, 2.24) is 20.2 Å². The Morgan fingerprint density at radius 2 is 1.81 bits per heavy atom. The lowest BCUT2D eigenvalue weighted by Gasteiger charge is -1.96. The van der Waals surface area contributed by atoms with Gasteiger partial charge in [0.1, 0.15) is 0 Å². The van der Waals surface area contributed by atoms with Crippen LogP contribution in [0.3, 0.4) is 0 Å². The monoisotopic (exact) mass is 282 g/mol. The average molecular weight is 282 g/mol. The molecule has 1 heterocycles. The van der Waals surface area contributed by atoms with Crippen molar-refractivity contribution in [2.75, 3.05) is 0 Å². The molecule has 0 atom stereocenters. The Kier molecular flexibility index (Phi) is 6.81. The maximum absolute atomic E-state index is 4.36. The van der Waals surface area contributed by atoms with Crippen LogP contribution in [0.25, 0.3) is 17.1 Å². The number of aromatic nitrogens is 4. The first-order valence-corrected chi connectivity index (χ1v) is 7.04. The van der Waals surface area contributed by atoms with Crippen LogP contribution in [0.1, 0.15) is 26.3 Å². The van der Waals surface area contributed by atoms with Gasteiger partial charge in [-0.25, -0.2) is 0 Å². The van der Waals surface area contributed by atoms with Gasteiger partial charge in [0, 0.05) is 5.56 Å². The van der Waals surface area contributed by atoms with Gasteiger partial charge in [-0.2, -0.15) is 0 Å². The highest BCUT2D eigenvalue weighted by Crippen LogP contribution is 2.14. The predicted molar refractivity (Wildman–Crippen MR) is 88.6 cm³/mol. The van der Waals surface area contributed by atoms with Gasteiger partial charge in [-0.05, 0) is 25.1 Å². The van der Waals surface area contributed by atoms with Gasteiger partial charge in [-0.3, -0.25) is 0 Å². The molecular weight excluding hydrogens is 260 g/mol. The van der Waals surface area contributed by atoms with E-state index in [1.807, 2.05) is 70.2 Å². The van der Waals surface area contributed by atoms with E-state index in [0.717, 1.165) is 11.3 Å². The zero-order chi connectivity index (χ0) is 15.7. The summed E-state index contributed by atoms with van der Waals surface area (Å²) < 4.78 is 0. The number of allylic oxidation sites excluding steroid dienone is 5. The summed E-state index contributed by atoms with van der Waals surface area (Å²) in [7, 11) is 0. The number of hydrogen-bond donors (Lipinski definition) is 0. The molecule has 0 bridgehead atoms. The van der Waals surface area contributed by atoms with E-state index in [-0.39, 0.29) is 0 Å². The Hall–Kier alpha value is -2.49. The second kappa shape index (κ2) is 8.64. The number of nitrogens with zero attached hydrogens (tertiary/aromatic N) is 4. The van der Waals surface area contributed by atoms with Crippen LogP contribution in [0.5, 0.6) is 0 Å². The molecule has 0 aliphatic carbocycles. The molecular formula is C17H22N4. The van der Waals surface area contributed by atoms with Crippen molar-refractivity contribution in [1.29, 1.82) is 0 Å². The average Bonchev–Trinajstić information content (AvgIpc) is 3.00. The Morgan fingerprint density at radius 3 is 2.43 bits per heavy atom. The third kappa shape index (κ3) is 4.84. The fraction of sp³-hybridized carbons (Fsp3) is 0.235. The molecule has 2 rings (SSSR count). The lowest BCUT2D eigenvalue weighted by molar-refractivity contribution is 0.732. The topological polar surface area (TPSA) is 43.6 Å². The Balaban J connectivity index is 0.00000106. The highest BCUT2D eigenvalue weighted by molar-refractivity contribution is 5.55. The molecule has 0 amide bonds. The lowest BCUT2D eigenvalue weighted by Crippen LogP contribution is -1.98. The van der Waals surface area contributed by atoms with E-state index >= 15 is 0 Å². The van der Waals surface area contributed by atoms with Crippen molar-refractivity contribution < 1.29 is 0 Å². The van der Waals surface area contributed by atoms with E-state index in [1.165, 1.54) is 10.4 Å². The molecule has 0 saturated carbocycles. The molecule has 0 saturated heterocycles. The van der Waals surface area contributed by atoms with E-state index in [2.05, 4.69) is 22.0 Å². The summed E-state index contributed by atoms with van der Waals surface area (Å²) in [6.07, 6.45) is 7.36. The number of benzene rings is 1. The molecule has 0 spiro atoms. The van der Waals surface area contributed by atoms with Crippen LogP contribution >= 0.6 is 0 Å². The largest absolute Gasteiger partial charge is 0.205 e. The standard InChI is InChI=1S/C15H16N4.C2H6/c1-4-5-6-7-13(3)19-17-15(16-18-19)14-10-8-12(2)9-11-14;1-2/h4-11H,1H2,2-3H3;1-2H3/b6-5-,13-7+;. The summed E-state index contributed by atoms with van der Waals surface area (Å²) in [5.41, 5.74) is 3.07. The number of hydrogen-bond acceptors (Lipinski definition) is 3. The first-order valence-electron chi connectivity index (χ1n) is 7.04. The minimum Gasteiger partial charge on any atom is -0.135 e. The SMILES string of the molecule is C=C/C=C\C=C(/C)n1nnc(-c2ccc(C)cc2)n1.CC. The van der Waals surface area contributed by atoms with E-state index in [1.54, 1.807) is 6.08 Å². The molecule has 1 aromatic heterocycles. The molecule has 0 fully saturated rings. The summed E-state index contributed by atoms with van der Waals surface area (Å²) in [6, 6.07) is 8.05. The van der Waals surface area contributed by atoms with Crippen molar-refractivity contribution in [3.05, 3.63) is 60.7 Å². The van der Waals surface area contributed by atoms with Gasteiger partial charge in [0.2, 0.25) is 5.82 Å². The third-order valence-electron chi connectivity index (χ3n) is 2.62. The maximum atomic E-state index is 4.36. The summed E-state index contributed by atoms with van der Waals surface area (Å²) in [5.74, 6) is 0.625. The first-order chi connectivity index (χ1) is 10.2. The summed E-state index contributed by atoms with van der Waals surface area (Å²) in [6.45, 7) is 11.6. The van der Waals surface area contributed by atoms with Crippen molar-refractivity contribution in [3.63, 3.8) is 0 Å². The van der Waals surface area contributed by atoms with Gasteiger partial charge in [-0.15, -0.1) is 15.0 Å². The highest BCUT2D eigenvalue weighted by atomic mass is 15.6. The maximum Gasteiger partial charge on any atom is 0.205 e. The quantitative estimate of drug-likeness (QED) is 0.786. The molecule has 4 heteroatoms. The summed E-state index contributed by atoms with van der Waals surface area (Å²) >= 11 is 0. The number of tetrazole rings is 1. The molecule has 21 heavy (non-hydrogen) atoms. The van der Waals surface area contributed by atoms with Crippen LogP contribution in [-0.4, -0.2) is 20.2 Å². The van der Waals surface area contributed by atoms with Crippen LogP contribution in [0.15, 0.2) is 55.1 Å². The van der Waals surface area contributed by atoms with Crippen LogP contribution in [0.2, 0.25) is 0 Å². The number of rotatable bonds is 4. The fourth-order valence-corrected chi connectivity index (χ4v) is 1.52. The van der Waals surface area contributed by atoms with Crippen LogP contribution < -0.4 is 0 Å². The first kappa shape index (κ1) is 16.6. The summed E-state index contributed by atoms with van der Waals surface area (Å²) in [5, 5.41) is 12.5. The van der Waals surface area contributed by atoms with Gasteiger partial charge in [-0.1, -0.05) is 68.5 Å². The van der Waals surface area contributed by atoms with Gasteiger partial charge in [0.15, 0.2) is 0 Å². The van der Waals surface area contributed by atoms with E-state index in [9.17, 15) is 0 Å². The van der Waals surface area contributed by atoms with Gasteiger partial charge in [0.25, 0.3) is 0 Å². The molecule has 4 nitrogen and oxygen atoms in total. The molecule has 0 aliphatic rings. The van der Waals surface area contributed by atoms with E-state index < -0.39 is 0 Å². The third-order valence-corrected chi connectivity index (χ3v) is 2.62. The summed E-state index contributed by atoms with van der Waals surface area (Å²) in [4.78, 5) is 1.52. The minimum absolute atomic E-state index is 0.625. The Labute approximate surface area is 126 Å². The fourth-order valence-electron chi connectivity index (χ4n) is 1.52. The van der Waals surface area contributed by atoms with Crippen LogP contribution in [-0.2, 0) is 0 Å². The molecule has 0 unspecified atom stereocenters. The van der Waals surface area contributed by atoms with E-state index in [4.69, 9.17) is 0 Å². The molecule has 110 valence electrons. The van der Waals surface area contributed by atoms with Crippen LogP contribution in [0.4, 0.5) is 0 Å². The Bertz CT molecular complexity index is 618. The normalized spacial score (nSPS) is 11.1. The van der Waals surface area contributed by atoms with Gasteiger partial charge in [0.05, 0.1) is 5.70 Å². The Morgan fingerprint density at radius 1 is 1.14 bits per heavy atom. The van der Waals surface area contributed by atoms with Gasteiger partial charge >= 0.3 is 0 Å². The zero-order valence-electron chi connectivity index (χ0n) is 13.1. The molecule has 0 aliphatic heterocycles. The minimum atomic E-state index is 0.625. The smallest absolute Gasteiger partial charge is 0.135 e. The van der Waals surface area contributed by atoms with E-state index in [0.29, 0.717) is 5.82 Å². The van der Waals surface area contributed by atoms with Crippen molar-refractivity contribution >= 4 is 5.70 Å². The predicted octanol–water partition coefficient (Wildman–Crippen LogP) is 4.28. The van der Waals surface area contributed by atoms with Crippen molar-refractivity contribution in [2.45, 2.75) is 27.7 Å². The second-order valence-electron chi connectivity index (χ2n) is 4.20. The lowest BCUT2D eigenvalue weighted by atomic mass is 10.1.